The van der Waals surface area contributed by atoms with E-state index in [2.05, 4.69) is 10.2 Å². The van der Waals surface area contributed by atoms with Crippen LogP contribution in [0, 0.1) is 5.92 Å². The molecule has 0 radical (unpaired) electrons. The number of anilines is 3. The van der Waals surface area contributed by atoms with Crippen LogP contribution in [0.2, 0.25) is 0 Å². The summed E-state index contributed by atoms with van der Waals surface area (Å²) in [7, 11) is 0. The topological polar surface area (TPSA) is 96.9 Å². The minimum atomic E-state index is -0.486. The Bertz CT molecular complexity index is 1270. The first kappa shape index (κ1) is 20.7. The van der Waals surface area contributed by atoms with E-state index in [9.17, 15) is 9.59 Å². The van der Waals surface area contributed by atoms with Crippen molar-refractivity contribution in [3.05, 3.63) is 42.5 Å². The van der Waals surface area contributed by atoms with Crippen LogP contribution in [0.3, 0.4) is 0 Å². The highest BCUT2D eigenvalue weighted by molar-refractivity contribution is 6.04. The number of carbonyl (C=O) groups is 2. The number of nitrogens with one attached hydrogen (secondary N) is 1. The summed E-state index contributed by atoms with van der Waals surface area (Å²) in [5, 5.41) is 2.99. The van der Waals surface area contributed by atoms with Crippen LogP contribution in [-0.2, 0) is 9.59 Å². The molecule has 1 unspecified atom stereocenters. The molecule has 9 nitrogen and oxygen atoms in total. The monoisotopic (exact) mass is 459 g/mol. The van der Waals surface area contributed by atoms with Gasteiger partial charge in [-0.05, 0) is 37.1 Å². The van der Waals surface area contributed by atoms with E-state index < -0.39 is 5.92 Å². The number of hydrogen-bond acceptors (Lipinski definition) is 7. The zero-order chi connectivity index (χ0) is 23.1. The van der Waals surface area contributed by atoms with Crippen molar-refractivity contribution >= 4 is 40.2 Å². The van der Waals surface area contributed by atoms with Gasteiger partial charge in [0.15, 0.2) is 23.1 Å². The number of fused-ring (bicyclic) bond motifs is 2. The summed E-state index contributed by atoms with van der Waals surface area (Å²) in [4.78, 5) is 39.4. The van der Waals surface area contributed by atoms with Crippen molar-refractivity contribution in [1.82, 2.24) is 9.97 Å². The lowest BCUT2D eigenvalue weighted by Gasteiger charge is -2.22. The van der Waals surface area contributed by atoms with Gasteiger partial charge in [-0.15, -0.1) is 0 Å². The normalized spacial score (nSPS) is 19.6. The van der Waals surface area contributed by atoms with Crippen molar-refractivity contribution in [3.8, 4) is 11.5 Å². The highest BCUT2D eigenvalue weighted by atomic mass is 16.6. The van der Waals surface area contributed by atoms with Gasteiger partial charge in [0.05, 0.1) is 17.0 Å². The smallest absolute Gasteiger partial charge is 0.231 e. The van der Waals surface area contributed by atoms with Crippen molar-refractivity contribution in [2.24, 2.45) is 5.92 Å². The van der Waals surface area contributed by atoms with Crippen molar-refractivity contribution < 1.29 is 19.1 Å². The number of benzene rings is 2. The average Bonchev–Trinajstić information content (AvgIpc) is 3.53. The fourth-order valence-corrected chi connectivity index (χ4v) is 4.78. The molecule has 0 saturated carbocycles. The largest absolute Gasteiger partial charge is 0.486 e. The summed E-state index contributed by atoms with van der Waals surface area (Å²) in [6.45, 7) is 3.05. The number of aromatic nitrogens is 2. The van der Waals surface area contributed by atoms with Gasteiger partial charge >= 0.3 is 0 Å². The maximum Gasteiger partial charge on any atom is 0.231 e. The zero-order valence-electron chi connectivity index (χ0n) is 18.7. The van der Waals surface area contributed by atoms with Crippen molar-refractivity contribution in [2.45, 2.75) is 19.3 Å². The van der Waals surface area contributed by atoms with Gasteiger partial charge in [-0.2, -0.15) is 0 Å². The molecular formula is C25H25N5O4. The molecule has 1 atom stereocenters. The first-order chi connectivity index (χ1) is 16.7. The highest BCUT2D eigenvalue weighted by Gasteiger charge is 2.36. The Labute approximate surface area is 196 Å². The zero-order valence-corrected chi connectivity index (χ0v) is 18.7. The highest BCUT2D eigenvalue weighted by Crippen LogP contribution is 2.36. The van der Waals surface area contributed by atoms with Gasteiger partial charge in [-0.3, -0.25) is 9.59 Å². The summed E-state index contributed by atoms with van der Waals surface area (Å²) >= 11 is 0. The molecule has 0 bridgehead atoms. The predicted octanol–water partition coefficient (Wildman–Crippen LogP) is 2.99. The molecule has 4 heterocycles. The first-order valence-corrected chi connectivity index (χ1v) is 11.7. The van der Waals surface area contributed by atoms with Gasteiger partial charge < -0.3 is 24.6 Å². The molecule has 174 valence electrons. The Hall–Kier alpha value is -3.88. The lowest BCUT2D eigenvalue weighted by atomic mass is 10.1. The fraction of sp³-hybridized carbons (Fsp3) is 0.360. The minimum Gasteiger partial charge on any atom is -0.486 e. The third-order valence-electron chi connectivity index (χ3n) is 6.53. The second-order valence-corrected chi connectivity index (χ2v) is 8.80. The Kier molecular flexibility index (Phi) is 5.16. The SMILES string of the molecule is O=C(Nc1nc2ccccc2nc1N1CCCC1)C1CC(=O)N(c2ccc3c(c2)OCCO3)C1. The lowest BCUT2D eigenvalue weighted by molar-refractivity contribution is -0.122. The van der Waals surface area contributed by atoms with Crippen LogP contribution in [0.25, 0.3) is 11.0 Å². The molecule has 0 aliphatic carbocycles. The maximum atomic E-state index is 13.3. The minimum absolute atomic E-state index is 0.0961. The Morgan fingerprint density at radius 1 is 0.971 bits per heavy atom. The molecule has 9 heteroatoms. The van der Waals surface area contributed by atoms with Gasteiger partial charge in [-0.1, -0.05) is 12.1 Å². The first-order valence-electron chi connectivity index (χ1n) is 11.7. The summed E-state index contributed by atoms with van der Waals surface area (Å²) in [5.41, 5.74) is 2.22. The van der Waals surface area contributed by atoms with Gasteiger partial charge in [0.25, 0.3) is 0 Å². The molecule has 6 rings (SSSR count). The molecular weight excluding hydrogens is 434 g/mol. The molecule has 3 aromatic rings. The Morgan fingerprint density at radius 3 is 2.50 bits per heavy atom. The number of carbonyl (C=O) groups excluding carboxylic acids is 2. The molecule has 0 spiro atoms. The molecule has 3 aliphatic rings. The van der Waals surface area contributed by atoms with Crippen molar-refractivity contribution in [1.29, 1.82) is 0 Å². The second-order valence-electron chi connectivity index (χ2n) is 8.80. The maximum absolute atomic E-state index is 13.3. The van der Waals surface area contributed by atoms with Crippen LogP contribution in [0.15, 0.2) is 42.5 Å². The predicted molar refractivity (Wildman–Crippen MR) is 128 cm³/mol. The third-order valence-corrected chi connectivity index (χ3v) is 6.53. The molecule has 2 saturated heterocycles. The van der Waals surface area contributed by atoms with E-state index in [0.29, 0.717) is 48.6 Å². The van der Waals surface area contributed by atoms with E-state index in [-0.39, 0.29) is 18.2 Å². The number of nitrogens with zero attached hydrogens (tertiary/aromatic N) is 4. The van der Waals surface area contributed by atoms with Gasteiger partial charge in [0.2, 0.25) is 11.8 Å². The van der Waals surface area contributed by atoms with Gasteiger partial charge in [0, 0.05) is 37.8 Å². The Balaban J connectivity index is 1.23. The average molecular weight is 460 g/mol. The Morgan fingerprint density at radius 2 is 1.71 bits per heavy atom. The molecule has 2 amide bonds. The van der Waals surface area contributed by atoms with Crippen LogP contribution in [0.1, 0.15) is 19.3 Å². The number of rotatable bonds is 4. The van der Waals surface area contributed by atoms with Crippen LogP contribution >= 0.6 is 0 Å². The van der Waals surface area contributed by atoms with Crippen molar-refractivity contribution in [3.63, 3.8) is 0 Å². The van der Waals surface area contributed by atoms with Crippen LogP contribution < -0.4 is 24.6 Å². The summed E-state index contributed by atoms with van der Waals surface area (Å²) in [5.74, 6) is 1.62. The standard InChI is InChI=1S/C25H25N5O4/c31-22-13-16(15-30(22)17-7-8-20-21(14-17)34-12-11-33-20)25(32)28-23-24(29-9-3-4-10-29)27-19-6-2-1-5-18(19)26-23/h1-2,5-8,14,16H,3-4,9-13,15H2,(H,26,28,32). The molecule has 2 fully saturated rings. The number of hydrogen-bond donors (Lipinski definition) is 1. The third kappa shape index (κ3) is 3.76. The van der Waals surface area contributed by atoms with E-state index in [1.54, 1.807) is 17.0 Å². The quantitative estimate of drug-likeness (QED) is 0.641. The van der Waals surface area contributed by atoms with E-state index in [0.717, 1.165) is 37.0 Å². The summed E-state index contributed by atoms with van der Waals surface area (Å²) < 4.78 is 11.2. The second kappa shape index (κ2) is 8.48. The molecule has 1 aromatic heterocycles. The summed E-state index contributed by atoms with van der Waals surface area (Å²) in [6, 6.07) is 13.1. The number of amides is 2. The van der Waals surface area contributed by atoms with Crippen LogP contribution in [0.5, 0.6) is 11.5 Å². The van der Waals surface area contributed by atoms with E-state index >= 15 is 0 Å². The number of ether oxygens (including phenoxy) is 2. The van der Waals surface area contributed by atoms with E-state index in [1.807, 2.05) is 30.3 Å². The van der Waals surface area contributed by atoms with E-state index in [4.69, 9.17) is 19.4 Å². The number of para-hydroxylation sites is 2. The summed E-state index contributed by atoms with van der Waals surface area (Å²) in [6.07, 6.45) is 2.31. The fourth-order valence-electron chi connectivity index (χ4n) is 4.78. The molecule has 34 heavy (non-hydrogen) atoms. The lowest BCUT2D eigenvalue weighted by Crippen LogP contribution is -2.29. The van der Waals surface area contributed by atoms with Gasteiger partial charge in [-0.25, -0.2) is 9.97 Å². The van der Waals surface area contributed by atoms with Crippen molar-refractivity contribution in [2.75, 3.05) is 48.0 Å². The van der Waals surface area contributed by atoms with Crippen LogP contribution in [-0.4, -0.2) is 54.6 Å². The van der Waals surface area contributed by atoms with E-state index in [1.165, 1.54) is 0 Å². The molecule has 1 N–H and O–H groups in total. The molecule has 3 aliphatic heterocycles. The molecule has 2 aromatic carbocycles. The van der Waals surface area contributed by atoms with Crippen LogP contribution in [0.4, 0.5) is 17.3 Å². The van der Waals surface area contributed by atoms with Gasteiger partial charge in [0.1, 0.15) is 13.2 Å².